The molecule has 0 spiro atoms. The normalized spacial score (nSPS) is 13.2. The van der Waals surface area contributed by atoms with Gasteiger partial charge in [0.15, 0.2) is 0 Å². The van der Waals surface area contributed by atoms with E-state index in [2.05, 4.69) is 0 Å². The molecule has 1 heterocycles. The van der Waals surface area contributed by atoms with Crippen LogP contribution >= 0.6 is 0 Å². The van der Waals surface area contributed by atoms with Crippen molar-refractivity contribution in [2.24, 2.45) is 0 Å². The van der Waals surface area contributed by atoms with Crippen molar-refractivity contribution in [1.82, 2.24) is 0 Å². The summed E-state index contributed by atoms with van der Waals surface area (Å²) >= 11 is 0. The molecule has 0 unspecified atom stereocenters. The maximum absolute atomic E-state index is 12.0. The van der Waals surface area contributed by atoms with Crippen molar-refractivity contribution in [3.05, 3.63) is 59.7 Å². The van der Waals surface area contributed by atoms with E-state index in [9.17, 15) is 14.7 Å². The molecule has 0 aromatic heterocycles. The molecule has 3 rings (SSSR count). The lowest BCUT2D eigenvalue weighted by Crippen LogP contribution is -2.33. The van der Waals surface area contributed by atoms with Crippen LogP contribution in [-0.4, -0.2) is 30.2 Å². The molecule has 2 aromatic carbocycles. The number of nitrogens with zero attached hydrogens (tertiary/aromatic N) is 1. The number of esters is 1. The van der Waals surface area contributed by atoms with Gasteiger partial charge in [-0.25, -0.2) is 0 Å². The first kappa shape index (κ1) is 15.1. The largest absolute Gasteiger partial charge is 0.481 e. The molecule has 0 saturated carbocycles. The summed E-state index contributed by atoms with van der Waals surface area (Å²) in [5.74, 6) is -1.98. The number of aliphatic carboxylic acids is 1. The summed E-state index contributed by atoms with van der Waals surface area (Å²) in [5, 5.41) is 9.67. The molecule has 0 radical (unpaired) electrons. The average Bonchev–Trinajstić information content (AvgIpc) is 2.54. The molecule has 5 nitrogen and oxygen atoms in total. The van der Waals surface area contributed by atoms with Crippen LogP contribution in [0.3, 0.4) is 0 Å². The van der Waals surface area contributed by atoms with Gasteiger partial charge < -0.3 is 14.7 Å². The monoisotopic (exact) mass is 311 g/mol. The zero-order chi connectivity index (χ0) is 16.4. The van der Waals surface area contributed by atoms with Crippen LogP contribution in [0.4, 0.5) is 11.4 Å². The number of ether oxygens (including phenoxy) is 1. The molecule has 118 valence electrons. The third kappa shape index (κ3) is 2.65. The van der Waals surface area contributed by atoms with Gasteiger partial charge >= 0.3 is 11.9 Å². The van der Waals surface area contributed by atoms with Gasteiger partial charge in [-0.1, -0.05) is 36.4 Å². The van der Waals surface area contributed by atoms with E-state index >= 15 is 0 Å². The Morgan fingerprint density at radius 2 is 1.57 bits per heavy atom. The highest BCUT2D eigenvalue weighted by atomic mass is 16.5. The zero-order valence-electron chi connectivity index (χ0n) is 12.7. The highest BCUT2D eigenvalue weighted by molar-refractivity contribution is 5.92. The third-order valence-electron chi connectivity index (χ3n) is 3.92. The highest BCUT2D eigenvalue weighted by Crippen LogP contribution is 2.45. The number of carboxylic acids is 1. The maximum atomic E-state index is 12.0. The summed E-state index contributed by atoms with van der Waals surface area (Å²) in [5.41, 5.74) is 2.82. The van der Waals surface area contributed by atoms with Crippen molar-refractivity contribution in [1.29, 1.82) is 0 Å². The Morgan fingerprint density at radius 3 is 2.04 bits per heavy atom. The molecular weight excluding hydrogens is 294 g/mol. The highest BCUT2D eigenvalue weighted by Gasteiger charge is 2.35. The molecule has 0 aliphatic carbocycles. The Hall–Kier alpha value is -2.82. The van der Waals surface area contributed by atoms with E-state index < -0.39 is 11.9 Å². The van der Waals surface area contributed by atoms with E-state index in [0.717, 1.165) is 11.4 Å². The summed E-state index contributed by atoms with van der Waals surface area (Å²) in [4.78, 5) is 25.6. The van der Waals surface area contributed by atoms with Crippen molar-refractivity contribution in [2.45, 2.75) is 12.8 Å². The SMILES string of the molecule is CCOC(=O)CN1c2ccccc2C(C(=O)O)c2ccccc21. The van der Waals surface area contributed by atoms with Crippen LogP contribution in [0.2, 0.25) is 0 Å². The van der Waals surface area contributed by atoms with Crippen LogP contribution in [0.5, 0.6) is 0 Å². The van der Waals surface area contributed by atoms with Gasteiger partial charge in [-0.3, -0.25) is 9.59 Å². The molecule has 23 heavy (non-hydrogen) atoms. The van der Waals surface area contributed by atoms with Crippen LogP contribution in [0.15, 0.2) is 48.5 Å². The number of carboxylic acid groups (broad SMARTS) is 1. The van der Waals surface area contributed by atoms with Crippen LogP contribution in [0, 0.1) is 0 Å². The first-order chi connectivity index (χ1) is 11.1. The summed E-state index contributed by atoms with van der Waals surface area (Å²) in [7, 11) is 0. The second kappa shape index (κ2) is 6.12. The fraction of sp³-hybridized carbons (Fsp3) is 0.222. The summed E-state index contributed by atoms with van der Waals surface area (Å²) < 4.78 is 5.05. The van der Waals surface area contributed by atoms with E-state index in [1.165, 1.54) is 0 Å². The molecular formula is C18H17NO4. The molecule has 0 amide bonds. The van der Waals surface area contributed by atoms with Gasteiger partial charge in [0, 0.05) is 11.4 Å². The predicted octanol–water partition coefficient (Wildman–Crippen LogP) is 2.92. The zero-order valence-corrected chi connectivity index (χ0v) is 12.7. The van der Waals surface area contributed by atoms with Gasteiger partial charge in [-0.15, -0.1) is 0 Å². The van der Waals surface area contributed by atoms with E-state index in [1.54, 1.807) is 19.1 Å². The van der Waals surface area contributed by atoms with Crippen molar-refractivity contribution in [3.63, 3.8) is 0 Å². The smallest absolute Gasteiger partial charge is 0.325 e. The van der Waals surface area contributed by atoms with Crippen molar-refractivity contribution < 1.29 is 19.4 Å². The predicted molar refractivity (Wildman–Crippen MR) is 86.0 cm³/mol. The second-order valence-corrected chi connectivity index (χ2v) is 5.28. The van der Waals surface area contributed by atoms with E-state index in [0.29, 0.717) is 17.7 Å². The summed E-state index contributed by atoms with van der Waals surface area (Å²) in [6, 6.07) is 14.6. The first-order valence-electron chi connectivity index (χ1n) is 7.47. The minimum atomic E-state index is -0.902. The molecule has 1 aliphatic rings. The topological polar surface area (TPSA) is 66.8 Å². The van der Waals surface area contributed by atoms with E-state index in [-0.39, 0.29) is 12.5 Å². The molecule has 5 heteroatoms. The fourth-order valence-electron chi connectivity index (χ4n) is 3.02. The molecule has 0 fully saturated rings. The number of carbonyl (C=O) groups is 2. The number of carbonyl (C=O) groups excluding carboxylic acids is 1. The minimum absolute atomic E-state index is 0.0498. The fourth-order valence-corrected chi connectivity index (χ4v) is 3.02. The van der Waals surface area contributed by atoms with Crippen LogP contribution in [0.1, 0.15) is 24.0 Å². The Morgan fingerprint density at radius 1 is 1.04 bits per heavy atom. The van der Waals surface area contributed by atoms with Crippen molar-refractivity contribution >= 4 is 23.3 Å². The standard InChI is InChI=1S/C18H17NO4/c1-2-23-16(20)11-19-14-9-5-3-7-12(14)17(18(21)22)13-8-4-6-10-15(13)19/h3-10,17H,2,11H2,1H3,(H,21,22). The number of rotatable bonds is 4. The first-order valence-corrected chi connectivity index (χ1v) is 7.47. The van der Waals surface area contributed by atoms with E-state index in [1.807, 2.05) is 41.3 Å². The average molecular weight is 311 g/mol. The number of para-hydroxylation sites is 2. The Balaban J connectivity index is 2.13. The van der Waals surface area contributed by atoms with Crippen molar-refractivity contribution in [2.75, 3.05) is 18.1 Å². The summed E-state index contributed by atoms with van der Waals surface area (Å²) in [6.07, 6.45) is 0. The van der Waals surface area contributed by atoms with Crippen LogP contribution in [-0.2, 0) is 14.3 Å². The molecule has 0 bridgehead atoms. The number of hydrogen-bond donors (Lipinski definition) is 1. The van der Waals surface area contributed by atoms with Gasteiger partial charge in [-0.05, 0) is 30.2 Å². The summed E-state index contributed by atoms with van der Waals surface area (Å²) in [6.45, 7) is 2.12. The van der Waals surface area contributed by atoms with Crippen LogP contribution < -0.4 is 4.90 Å². The maximum Gasteiger partial charge on any atom is 0.325 e. The van der Waals surface area contributed by atoms with Gasteiger partial charge in [-0.2, -0.15) is 0 Å². The molecule has 0 atom stereocenters. The Labute approximate surface area is 134 Å². The van der Waals surface area contributed by atoms with Crippen LogP contribution in [0.25, 0.3) is 0 Å². The van der Waals surface area contributed by atoms with Gasteiger partial charge in [0.2, 0.25) is 0 Å². The second-order valence-electron chi connectivity index (χ2n) is 5.28. The molecule has 1 N–H and O–H groups in total. The minimum Gasteiger partial charge on any atom is -0.481 e. The van der Waals surface area contributed by atoms with Gasteiger partial charge in [0.05, 0.1) is 6.61 Å². The van der Waals surface area contributed by atoms with Gasteiger partial charge in [0.1, 0.15) is 12.5 Å². The van der Waals surface area contributed by atoms with Crippen molar-refractivity contribution in [3.8, 4) is 0 Å². The van der Waals surface area contributed by atoms with E-state index in [4.69, 9.17) is 4.74 Å². The Kier molecular flexibility index (Phi) is 4.02. The van der Waals surface area contributed by atoms with Gasteiger partial charge in [0.25, 0.3) is 0 Å². The number of fused-ring (bicyclic) bond motifs is 2. The number of hydrogen-bond acceptors (Lipinski definition) is 4. The third-order valence-corrected chi connectivity index (χ3v) is 3.92. The number of anilines is 2. The molecule has 2 aromatic rings. The molecule has 1 aliphatic heterocycles. The lowest BCUT2D eigenvalue weighted by Gasteiger charge is -2.35. The Bertz CT molecular complexity index is 709. The molecule has 0 saturated heterocycles. The number of benzene rings is 2. The lowest BCUT2D eigenvalue weighted by molar-refractivity contribution is -0.141. The quantitative estimate of drug-likeness (QED) is 0.879. The lowest BCUT2D eigenvalue weighted by atomic mass is 9.85.